The SMILES string of the molecule is O=C(NC[C@H]1C[C@@H]2CCN1C[C@H]2CN1CCN(c2ccc(F)cc2)CC1)Nc1ccsc1. The van der Waals surface area contributed by atoms with Gasteiger partial charge in [-0.05, 0) is 66.9 Å². The van der Waals surface area contributed by atoms with Crippen LogP contribution in [0.2, 0.25) is 0 Å². The summed E-state index contributed by atoms with van der Waals surface area (Å²) in [7, 11) is 0. The second-order valence-corrected chi connectivity index (χ2v) is 10.1. The van der Waals surface area contributed by atoms with Crippen molar-refractivity contribution in [3.63, 3.8) is 0 Å². The third kappa shape index (κ3) is 5.08. The number of urea groups is 1. The summed E-state index contributed by atoms with van der Waals surface area (Å²) in [4.78, 5) is 19.7. The van der Waals surface area contributed by atoms with Crippen LogP contribution in [-0.2, 0) is 0 Å². The third-order valence-corrected chi connectivity index (χ3v) is 8.03. The number of rotatable bonds is 6. The summed E-state index contributed by atoms with van der Waals surface area (Å²) in [6.45, 7) is 8.30. The molecule has 4 atom stereocenters. The van der Waals surface area contributed by atoms with Crippen LogP contribution in [0.5, 0.6) is 0 Å². The zero-order chi connectivity index (χ0) is 21.9. The molecular weight excluding hydrogens is 425 g/mol. The Morgan fingerprint density at radius 1 is 1.09 bits per heavy atom. The van der Waals surface area contributed by atoms with Crippen molar-refractivity contribution in [3.05, 3.63) is 46.9 Å². The van der Waals surface area contributed by atoms with E-state index in [1.54, 1.807) is 23.5 Å². The molecule has 0 radical (unpaired) electrons. The van der Waals surface area contributed by atoms with Crippen molar-refractivity contribution in [1.29, 1.82) is 0 Å². The highest BCUT2D eigenvalue weighted by atomic mass is 32.1. The molecule has 2 bridgehead atoms. The molecule has 6 nitrogen and oxygen atoms in total. The number of hydrogen-bond acceptors (Lipinski definition) is 5. The molecule has 4 aliphatic heterocycles. The van der Waals surface area contributed by atoms with Gasteiger partial charge in [-0.3, -0.25) is 9.80 Å². The van der Waals surface area contributed by atoms with Gasteiger partial charge in [0.25, 0.3) is 0 Å². The summed E-state index contributed by atoms with van der Waals surface area (Å²) in [6.07, 6.45) is 2.46. The standard InChI is InChI=1S/C24H32FN5OS/c25-20-1-3-22(4-2-20)29-10-8-28(9-11-29)15-19-16-30-7-5-18(19)13-23(30)14-26-24(31)27-21-6-12-32-17-21/h1-4,6,12,17-19,23H,5,7-11,13-16H2,(H2,26,27,31)/t18-,19+,23+/m0/s1. The van der Waals surface area contributed by atoms with Crippen LogP contribution < -0.4 is 15.5 Å². The highest BCUT2D eigenvalue weighted by Crippen LogP contribution is 2.36. The number of hydrogen-bond donors (Lipinski definition) is 2. The minimum absolute atomic E-state index is 0.110. The number of piperidine rings is 3. The van der Waals surface area contributed by atoms with Crippen molar-refractivity contribution in [1.82, 2.24) is 15.1 Å². The molecule has 6 rings (SSSR count). The van der Waals surface area contributed by atoms with E-state index in [0.29, 0.717) is 6.04 Å². The van der Waals surface area contributed by atoms with Gasteiger partial charge < -0.3 is 15.5 Å². The molecule has 8 heteroatoms. The number of nitrogens with zero attached hydrogens (tertiary/aromatic N) is 3. The van der Waals surface area contributed by atoms with E-state index in [2.05, 4.69) is 25.3 Å². The van der Waals surface area contributed by atoms with E-state index in [4.69, 9.17) is 0 Å². The predicted molar refractivity (Wildman–Crippen MR) is 128 cm³/mol. The van der Waals surface area contributed by atoms with Crippen molar-refractivity contribution >= 4 is 28.7 Å². The highest BCUT2D eigenvalue weighted by Gasteiger charge is 2.40. The average Bonchev–Trinajstić information content (AvgIpc) is 3.32. The Hall–Kier alpha value is -2.16. The number of nitrogens with one attached hydrogen (secondary N) is 2. The molecule has 2 aromatic rings. The lowest BCUT2D eigenvalue weighted by Crippen LogP contribution is -2.59. The van der Waals surface area contributed by atoms with Crippen LogP contribution in [0.15, 0.2) is 41.1 Å². The second kappa shape index (κ2) is 9.77. The van der Waals surface area contributed by atoms with Crippen LogP contribution in [0.4, 0.5) is 20.6 Å². The van der Waals surface area contributed by atoms with Gasteiger partial charge in [0.05, 0.1) is 5.69 Å². The number of fused-ring (bicyclic) bond motifs is 3. The Balaban J connectivity index is 1.06. The lowest BCUT2D eigenvalue weighted by atomic mass is 9.75. The molecule has 2 N–H and O–H groups in total. The molecule has 1 aromatic carbocycles. The van der Waals surface area contributed by atoms with Crippen molar-refractivity contribution in [2.45, 2.75) is 18.9 Å². The number of carbonyl (C=O) groups is 1. The first-order valence-electron chi connectivity index (χ1n) is 11.7. The molecule has 5 heterocycles. The molecule has 4 fully saturated rings. The van der Waals surface area contributed by atoms with E-state index in [1.165, 1.54) is 12.8 Å². The van der Waals surface area contributed by atoms with Crippen molar-refractivity contribution in [2.24, 2.45) is 11.8 Å². The second-order valence-electron chi connectivity index (χ2n) is 9.30. The van der Waals surface area contributed by atoms with Crippen LogP contribution in [0.25, 0.3) is 0 Å². The van der Waals surface area contributed by atoms with Crippen LogP contribution in [-0.4, -0.2) is 74.2 Å². The topological polar surface area (TPSA) is 50.9 Å². The molecule has 0 saturated carbocycles. The van der Waals surface area contributed by atoms with Crippen molar-refractivity contribution in [2.75, 3.05) is 62.6 Å². The van der Waals surface area contributed by atoms with E-state index < -0.39 is 0 Å². The van der Waals surface area contributed by atoms with E-state index >= 15 is 0 Å². The van der Waals surface area contributed by atoms with Gasteiger partial charge in [-0.15, -0.1) is 0 Å². The first kappa shape index (κ1) is 21.7. The maximum Gasteiger partial charge on any atom is 0.319 e. The summed E-state index contributed by atoms with van der Waals surface area (Å²) < 4.78 is 13.2. The van der Waals surface area contributed by atoms with Gasteiger partial charge in [0.2, 0.25) is 0 Å². The maximum absolute atomic E-state index is 13.2. The zero-order valence-corrected chi connectivity index (χ0v) is 19.2. The summed E-state index contributed by atoms with van der Waals surface area (Å²) in [5.74, 6) is 1.30. The molecule has 1 unspecified atom stereocenters. The molecule has 4 aliphatic rings. The summed E-state index contributed by atoms with van der Waals surface area (Å²) >= 11 is 1.58. The smallest absolute Gasteiger partial charge is 0.319 e. The fourth-order valence-electron chi connectivity index (χ4n) is 5.56. The van der Waals surface area contributed by atoms with Crippen LogP contribution in [0.3, 0.4) is 0 Å². The monoisotopic (exact) mass is 457 g/mol. The summed E-state index contributed by atoms with van der Waals surface area (Å²) in [6, 6.07) is 9.12. The molecular formula is C24H32FN5OS. The number of carbonyl (C=O) groups excluding carboxylic acids is 1. The quantitative estimate of drug-likeness (QED) is 0.697. The average molecular weight is 458 g/mol. The molecule has 0 aliphatic carbocycles. The Morgan fingerprint density at radius 2 is 1.91 bits per heavy atom. The van der Waals surface area contributed by atoms with Gasteiger partial charge in [0.15, 0.2) is 0 Å². The van der Waals surface area contributed by atoms with Gasteiger partial charge in [-0.1, -0.05) is 0 Å². The van der Waals surface area contributed by atoms with E-state index in [9.17, 15) is 9.18 Å². The van der Waals surface area contributed by atoms with Crippen LogP contribution in [0.1, 0.15) is 12.8 Å². The van der Waals surface area contributed by atoms with Crippen molar-refractivity contribution < 1.29 is 9.18 Å². The molecule has 0 spiro atoms. The predicted octanol–water partition coefficient (Wildman–Crippen LogP) is 3.54. The van der Waals surface area contributed by atoms with Gasteiger partial charge in [0, 0.05) is 62.9 Å². The molecule has 2 amide bonds. The summed E-state index contributed by atoms with van der Waals surface area (Å²) in [5.41, 5.74) is 1.98. The highest BCUT2D eigenvalue weighted by molar-refractivity contribution is 7.08. The minimum Gasteiger partial charge on any atom is -0.369 e. The van der Waals surface area contributed by atoms with E-state index in [1.807, 2.05) is 29.0 Å². The molecule has 4 saturated heterocycles. The minimum atomic E-state index is -0.175. The van der Waals surface area contributed by atoms with Crippen molar-refractivity contribution in [3.8, 4) is 0 Å². The van der Waals surface area contributed by atoms with E-state index in [-0.39, 0.29) is 11.8 Å². The Morgan fingerprint density at radius 3 is 2.59 bits per heavy atom. The van der Waals surface area contributed by atoms with Gasteiger partial charge in [0.1, 0.15) is 5.82 Å². The number of amides is 2. The maximum atomic E-state index is 13.2. The largest absolute Gasteiger partial charge is 0.369 e. The number of anilines is 2. The molecule has 1 aromatic heterocycles. The molecule has 172 valence electrons. The normalized spacial score (nSPS) is 28.0. The molecule has 32 heavy (non-hydrogen) atoms. The lowest BCUT2D eigenvalue weighted by molar-refractivity contribution is -0.0114. The summed E-state index contributed by atoms with van der Waals surface area (Å²) in [5, 5.41) is 9.87. The van der Waals surface area contributed by atoms with Crippen LogP contribution >= 0.6 is 11.3 Å². The number of thiophene rings is 1. The van der Waals surface area contributed by atoms with E-state index in [0.717, 1.165) is 75.6 Å². The fourth-order valence-corrected chi connectivity index (χ4v) is 6.15. The van der Waals surface area contributed by atoms with Crippen LogP contribution in [0, 0.1) is 17.7 Å². The third-order valence-electron chi connectivity index (χ3n) is 7.35. The van der Waals surface area contributed by atoms with Gasteiger partial charge >= 0.3 is 6.03 Å². The first-order chi connectivity index (χ1) is 15.6. The number of halogens is 1. The fraction of sp³-hybridized carbons (Fsp3) is 0.542. The Labute approximate surface area is 193 Å². The zero-order valence-electron chi connectivity index (χ0n) is 18.4. The Kier molecular flexibility index (Phi) is 6.62. The lowest BCUT2D eigenvalue weighted by Gasteiger charge is -2.51. The first-order valence-corrected chi connectivity index (χ1v) is 12.6. The van der Waals surface area contributed by atoms with Gasteiger partial charge in [-0.2, -0.15) is 11.3 Å². The van der Waals surface area contributed by atoms with Gasteiger partial charge in [-0.25, -0.2) is 9.18 Å². The number of piperazine rings is 1. The Bertz CT molecular complexity index is 884. The number of benzene rings is 1.